The predicted molar refractivity (Wildman–Crippen MR) is 112 cm³/mol. The Morgan fingerprint density at radius 3 is 2.45 bits per heavy atom. The second-order valence-corrected chi connectivity index (χ2v) is 6.25. The van der Waals surface area contributed by atoms with E-state index in [1.807, 2.05) is 54.6 Å². The largest absolute Gasteiger partial charge is 0.455 e. The molecule has 1 heterocycles. The average Bonchev–Trinajstić information content (AvgIpc) is 2.76. The number of hydrogen-bond donors (Lipinski definition) is 2. The number of anilines is 3. The monoisotopic (exact) mass is 386 g/mol. The van der Waals surface area contributed by atoms with Gasteiger partial charge in [0, 0.05) is 18.3 Å². The molecule has 3 aromatic carbocycles. The van der Waals surface area contributed by atoms with Crippen LogP contribution in [0.5, 0.6) is 11.5 Å². The van der Waals surface area contributed by atoms with Gasteiger partial charge in [0.1, 0.15) is 17.4 Å². The zero-order chi connectivity index (χ0) is 19.9. The molecule has 29 heavy (non-hydrogen) atoms. The van der Waals surface area contributed by atoms with Crippen molar-refractivity contribution in [3.8, 4) is 11.5 Å². The van der Waals surface area contributed by atoms with Crippen LogP contribution in [0.2, 0.25) is 0 Å². The van der Waals surface area contributed by atoms with Crippen molar-refractivity contribution in [2.24, 2.45) is 0 Å². The Bertz CT molecular complexity index is 1090. The highest BCUT2D eigenvalue weighted by atomic mass is 19.1. The first-order valence-corrected chi connectivity index (χ1v) is 9.17. The minimum atomic E-state index is -0.251. The summed E-state index contributed by atoms with van der Waals surface area (Å²) in [5.41, 5.74) is 1.31. The summed E-state index contributed by atoms with van der Waals surface area (Å²) in [6.45, 7) is 0.330. The maximum atomic E-state index is 13.8. The number of nitrogens with zero attached hydrogens (tertiary/aromatic N) is 2. The van der Waals surface area contributed by atoms with Crippen LogP contribution in [0.1, 0.15) is 5.56 Å². The molecule has 0 saturated carbocycles. The Labute approximate surface area is 168 Å². The van der Waals surface area contributed by atoms with Gasteiger partial charge < -0.3 is 15.4 Å². The van der Waals surface area contributed by atoms with E-state index in [4.69, 9.17) is 4.74 Å². The minimum absolute atomic E-state index is 0.251. The van der Waals surface area contributed by atoms with Gasteiger partial charge in [-0.25, -0.2) is 9.37 Å². The Hall–Kier alpha value is -3.93. The Balaban J connectivity index is 1.48. The van der Waals surface area contributed by atoms with Gasteiger partial charge in [0.15, 0.2) is 5.75 Å². The lowest BCUT2D eigenvalue weighted by atomic mass is 10.2. The van der Waals surface area contributed by atoms with Gasteiger partial charge in [0.2, 0.25) is 5.95 Å². The number of para-hydroxylation sites is 3. The second-order valence-electron chi connectivity index (χ2n) is 6.25. The van der Waals surface area contributed by atoms with Crippen molar-refractivity contribution >= 4 is 17.5 Å². The molecule has 0 unspecified atom stereocenters. The molecule has 0 aliphatic rings. The summed E-state index contributed by atoms with van der Waals surface area (Å²) in [6.07, 6.45) is 1.64. The van der Waals surface area contributed by atoms with E-state index in [1.54, 1.807) is 30.5 Å². The van der Waals surface area contributed by atoms with Crippen molar-refractivity contribution in [3.05, 3.63) is 103 Å². The van der Waals surface area contributed by atoms with Crippen LogP contribution >= 0.6 is 0 Å². The van der Waals surface area contributed by atoms with E-state index < -0.39 is 0 Å². The van der Waals surface area contributed by atoms with Gasteiger partial charge in [-0.2, -0.15) is 4.98 Å². The summed E-state index contributed by atoms with van der Waals surface area (Å²) < 4.78 is 19.7. The van der Waals surface area contributed by atoms with Gasteiger partial charge in [-0.3, -0.25) is 0 Å². The van der Waals surface area contributed by atoms with Gasteiger partial charge >= 0.3 is 0 Å². The second kappa shape index (κ2) is 8.84. The van der Waals surface area contributed by atoms with Gasteiger partial charge in [-0.15, -0.1) is 0 Å². The molecular formula is C23H19FN4O. The Kier molecular flexibility index (Phi) is 5.62. The lowest BCUT2D eigenvalue weighted by Gasteiger charge is -2.13. The molecule has 0 aliphatic carbocycles. The van der Waals surface area contributed by atoms with Crippen molar-refractivity contribution < 1.29 is 9.13 Å². The molecule has 0 amide bonds. The first-order chi connectivity index (χ1) is 14.3. The molecule has 0 saturated heterocycles. The number of hydrogen-bond acceptors (Lipinski definition) is 5. The Morgan fingerprint density at radius 1 is 0.828 bits per heavy atom. The van der Waals surface area contributed by atoms with E-state index in [2.05, 4.69) is 20.6 Å². The van der Waals surface area contributed by atoms with E-state index >= 15 is 0 Å². The Morgan fingerprint density at radius 2 is 1.59 bits per heavy atom. The highest BCUT2D eigenvalue weighted by Gasteiger charge is 2.07. The molecule has 0 aliphatic heterocycles. The fraction of sp³-hybridized carbons (Fsp3) is 0.0435. The summed E-state index contributed by atoms with van der Waals surface area (Å²) in [6, 6.07) is 25.5. The van der Waals surface area contributed by atoms with Crippen molar-refractivity contribution in [1.82, 2.24) is 9.97 Å². The summed E-state index contributed by atoms with van der Waals surface area (Å²) >= 11 is 0. The van der Waals surface area contributed by atoms with Crippen LogP contribution in [0.3, 0.4) is 0 Å². The average molecular weight is 386 g/mol. The summed E-state index contributed by atoms with van der Waals surface area (Å²) in [7, 11) is 0. The lowest BCUT2D eigenvalue weighted by Crippen LogP contribution is -2.05. The number of halogens is 1. The molecule has 6 heteroatoms. The zero-order valence-corrected chi connectivity index (χ0v) is 15.5. The van der Waals surface area contributed by atoms with Gasteiger partial charge in [-0.1, -0.05) is 48.5 Å². The van der Waals surface area contributed by atoms with Crippen LogP contribution in [0.25, 0.3) is 0 Å². The highest BCUT2D eigenvalue weighted by molar-refractivity contribution is 5.63. The van der Waals surface area contributed by atoms with E-state index in [-0.39, 0.29) is 5.82 Å². The zero-order valence-electron chi connectivity index (χ0n) is 15.5. The third-order valence-corrected chi connectivity index (χ3v) is 4.18. The molecule has 1 aromatic heterocycles. The third-order valence-electron chi connectivity index (χ3n) is 4.18. The van der Waals surface area contributed by atoms with E-state index in [0.29, 0.717) is 29.6 Å². The van der Waals surface area contributed by atoms with Gasteiger partial charge in [-0.05, 0) is 36.4 Å². The molecule has 5 nitrogen and oxygen atoms in total. The summed E-state index contributed by atoms with van der Waals surface area (Å²) in [4.78, 5) is 8.71. The fourth-order valence-corrected chi connectivity index (χ4v) is 2.74. The summed E-state index contributed by atoms with van der Waals surface area (Å²) in [5, 5.41) is 6.30. The van der Waals surface area contributed by atoms with Crippen LogP contribution in [0.15, 0.2) is 91.1 Å². The first-order valence-electron chi connectivity index (χ1n) is 9.17. The maximum Gasteiger partial charge on any atom is 0.229 e. The molecule has 144 valence electrons. The number of ether oxygens (including phenoxy) is 1. The van der Waals surface area contributed by atoms with Crippen molar-refractivity contribution in [2.45, 2.75) is 6.54 Å². The minimum Gasteiger partial charge on any atom is -0.455 e. The van der Waals surface area contributed by atoms with Crippen molar-refractivity contribution in [3.63, 3.8) is 0 Å². The van der Waals surface area contributed by atoms with Gasteiger partial charge in [0.25, 0.3) is 0 Å². The first kappa shape index (κ1) is 18.4. The smallest absolute Gasteiger partial charge is 0.229 e. The predicted octanol–water partition coefficient (Wildman–Crippen LogP) is 5.76. The standard InChI is InChI=1S/C23H19FN4O/c24-19-11-5-4-8-17(19)16-26-22-14-15-25-23(28-22)27-20-12-6-7-13-21(20)29-18-9-2-1-3-10-18/h1-15H,16H2,(H2,25,26,27,28). The molecule has 0 fully saturated rings. The van der Waals surface area contributed by atoms with Crippen LogP contribution < -0.4 is 15.4 Å². The topological polar surface area (TPSA) is 59.1 Å². The molecule has 0 radical (unpaired) electrons. The molecule has 0 atom stereocenters. The fourth-order valence-electron chi connectivity index (χ4n) is 2.74. The van der Waals surface area contributed by atoms with Crippen LogP contribution in [0, 0.1) is 5.82 Å². The normalized spacial score (nSPS) is 10.4. The molecule has 2 N–H and O–H groups in total. The highest BCUT2D eigenvalue weighted by Crippen LogP contribution is 2.30. The molecule has 4 aromatic rings. The van der Waals surface area contributed by atoms with E-state index in [1.165, 1.54) is 6.07 Å². The van der Waals surface area contributed by atoms with Gasteiger partial charge in [0.05, 0.1) is 5.69 Å². The van der Waals surface area contributed by atoms with E-state index in [0.717, 1.165) is 11.4 Å². The summed E-state index contributed by atoms with van der Waals surface area (Å²) in [5.74, 6) is 2.15. The molecule has 4 rings (SSSR count). The molecule has 0 bridgehead atoms. The maximum absolute atomic E-state index is 13.8. The van der Waals surface area contributed by atoms with Crippen LogP contribution in [-0.4, -0.2) is 9.97 Å². The van der Waals surface area contributed by atoms with Crippen LogP contribution in [0.4, 0.5) is 21.8 Å². The van der Waals surface area contributed by atoms with Crippen molar-refractivity contribution in [1.29, 1.82) is 0 Å². The molecule has 0 spiro atoms. The third kappa shape index (κ3) is 4.87. The van der Waals surface area contributed by atoms with E-state index in [9.17, 15) is 4.39 Å². The number of benzene rings is 3. The lowest BCUT2D eigenvalue weighted by molar-refractivity contribution is 0.485. The number of rotatable bonds is 7. The van der Waals surface area contributed by atoms with Crippen molar-refractivity contribution in [2.75, 3.05) is 10.6 Å². The quantitative estimate of drug-likeness (QED) is 0.423. The SMILES string of the molecule is Fc1ccccc1CNc1ccnc(Nc2ccccc2Oc2ccccc2)n1. The number of nitrogens with one attached hydrogen (secondary N) is 2. The number of aromatic nitrogens is 2. The molecular weight excluding hydrogens is 367 g/mol. The van der Waals surface area contributed by atoms with Crippen LogP contribution in [-0.2, 0) is 6.54 Å².